The van der Waals surface area contributed by atoms with Crippen LogP contribution in [-0.4, -0.2) is 31.7 Å². The molecule has 3 rings (SSSR count). The summed E-state index contributed by atoms with van der Waals surface area (Å²) in [5.41, 5.74) is 3.81. The van der Waals surface area contributed by atoms with Crippen molar-refractivity contribution in [3.8, 4) is 0 Å². The standard InChI is InChI=1S/C26H35N3O2S/c1-4-5-6-7-8-9-13-24(30)27-21-12-10-11-20(18-21)26-29(25(31)19-32-26)23-16-14-22(15-17-23)28(2)3/h10-12,14-18,26H,4-9,13,19H2,1-3H3,(H,27,30)/t26-/m1/s1. The molecule has 0 aliphatic carbocycles. The van der Waals surface area contributed by atoms with E-state index in [1.807, 2.05) is 72.4 Å². The molecule has 1 heterocycles. The van der Waals surface area contributed by atoms with Crippen LogP contribution in [-0.2, 0) is 9.59 Å². The number of unbranched alkanes of at least 4 members (excludes halogenated alkanes) is 5. The van der Waals surface area contributed by atoms with Crippen molar-refractivity contribution < 1.29 is 9.59 Å². The Morgan fingerprint density at radius 2 is 1.78 bits per heavy atom. The highest BCUT2D eigenvalue weighted by Crippen LogP contribution is 2.42. The Morgan fingerprint density at radius 3 is 2.50 bits per heavy atom. The van der Waals surface area contributed by atoms with Gasteiger partial charge in [-0.3, -0.25) is 14.5 Å². The molecule has 2 amide bonds. The molecule has 32 heavy (non-hydrogen) atoms. The fourth-order valence-electron chi connectivity index (χ4n) is 3.92. The lowest BCUT2D eigenvalue weighted by Gasteiger charge is -2.25. The minimum atomic E-state index is -0.0943. The van der Waals surface area contributed by atoms with Crippen molar-refractivity contribution in [2.75, 3.05) is 35.0 Å². The maximum absolute atomic E-state index is 12.7. The molecule has 0 unspecified atom stereocenters. The quantitative estimate of drug-likeness (QED) is 0.410. The Hall–Kier alpha value is -2.47. The van der Waals surface area contributed by atoms with Crippen molar-refractivity contribution in [1.82, 2.24) is 0 Å². The molecular formula is C26H35N3O2S. The van der Waals surface area contributed by atoms with Crippen LogP contribution < -0.4 is 15.1 Å². The number of carbonyl (C=O) groups excluding carboxylic acids is 2. The van der Waals surface area contributed by atoms with Gasteiger partial charge >= 0.3 is 0 Å². The first-order valence-corrected chi connectivity index (χ1v) is 12.7. The number of carbonyl (C=O) groups is 2. The van der Waals surface area contributed by atoms with E-state index >= 15 is 0 Å². The van der Waals surface area contributed by atoms with Crippen molar-refractivity contribution >= 4 is 40.6 Å². The maximum Gasteiger partial charge on any atom is 0.238 e. The molecule has 1 atom stereocenters. The van der Waals surface area contributed by atoms with Crippen LogP contribution in [0.15, 0.2) is 48.5 Å². The molecule has 2 aromatic carbocycles. The number of nitrogens with one attached hydrogen (secondary N) is 1. The first-order chi connectivity index (χ1) is 15.5. The van der Waals surface area contributed by atoms with E-state index in [1.165, 1.54) is 25.7 Å². The van der Waals surface area contributed by atoms with Gasteiger partial charge in [0.1, 0.15) is 5.37 Å². The largest absolute Gasteiger partial charge is 0.378 e. The number of nitrogens with zero attached hydrogens (tertiary/aromatic N) is 2. The van der Waals surface area contributed by atoms with Gasteiger partial charge in [-0.1, -0.05) is 51.2 Å². The molecule has 0 radical (unpaired) electrons. The lowest BCUT2D eigenvalue weighted by molar-refractivity contribution is -0.117. The van der Waals surface area contributed by atoms with Crippen LogP contribution in [0.5, 0.6) is 0 Å². The zero-order valence-corrected chi connectivity index (χ0v) is 20.3. The summed E-state index contributed by atoms with van der Waals surface area (Å²) in [4.78, 5) is 29.0. The van der Waals surface area contributed by atoms with Crippen LogP contribution in [0.4, 0.5) is 17.1 Å². The second-order valence-electron chi connectivity index (χ2n) is 8.53. The van der Waals surface area contributed by atoms with Crippen LogP contribution in [0.2, 0.25) is 0 Å². The maximum atomic E-state index is 12.7. The third kappa shape index (κ3) is 6.52. The highest BCUT2D eigenvalue weighted by Gasteiger charge is 2.34. The third-order valence-corrected chi connectivity index (χ3v) is 6.94. The van der Waals surface area contributed by atoms with E-state index in [0.717, 1.165) is 35.5 Å². The monoisotopic (exact) mass is 453 g/mol. The number of thioether (sulfide) groups is 1. The Bertz CT molecular complexity index is 898. The zero-order chi connectivity index (χ0) is 22.9. The fraction of sp³-hybridized carbons (Fsp3) is 0.462. The first kappa shape index (κ1) is 24.2. The van der Waals surface area contributed by atoms with Crippen LogP contribution in [0, 0.1) is 0 Å². The average molecular weight is 454 g/mol. The third-order valence-electron chi connectivity index (χ3n) is 5.73. The van der Waals surface area contributed by atoms with Crippen molar-refractivity contribution in [3.63, 3.8) is 0 Å². The van der Waals surface area contributed by atoms with E-state index in [4.69, 9.17) is 0 Å². The second-order valence-corrected chi connectivity index (χ2v) is 9.60. The Kier molecular flexibility index (Phi) is 9.03. The van der Waals surface area contributed by atoms with Gasteiger partial charge in [0.2, 0.25) is 11.8 Å². The lowest BCUT2D eigenvalue weighted by Crippen LogP contribution is -2.27. The summed E-state index contributed by atoms with van der Waals surface area (Å²) in [6.07, 6.45) is 7.56. The summed E-state index contributed by atoms with van der Waals surface area (Å²) < 4.78 is 0. The van der Waals surface area contributed by atoms with Crippen LogP contribution in [0.25, 0.3) is 0 Å². The average Bonchev–Trinajstić information content (AvgIpc) is 3.17. The molecule has 172 valence electrons. The van der Waals surface area contributed by atoms with E-state index in [9.17, 15) is 9.59 Å². The summed E-state index contributed by atoms with van der Waals surface area (Å²) in [6, 6.07) is 15.9. The van der Waals surface area contributed by atoms with E-state index in [1.54, 1.807) is 11.8 Å². The molecule has 1 saturated heterocycles. The normalized spacial score (nSPS) is 15.8. The summed E-state index contributed by atoms with van der Waals surface area (Å²) in [5.74, 6) is 0.619. The molecule has 1 aliphatic rings. The van der Waals surface area contributed by atoms with E-state index in [0.29, 0.717) is 12.2 Å². The van der Waals surface area contributed by atoms with Crippen molar-refractivity contribution in [2.45, 2.75) is 57.2 Å². The zero-order valence-electron chi connectivity index (χ0n) is 19.5. The molecule has 0 aromatic heterocycles. The Labute approximate surface area is 196 Å². The predicted octanol–water partition coefficient (Wildman–Crippen LogP) is 6.22. The van der Waals surface area contributed by atoms with Crippen LogP contribution in [0.1, 0.15) is 62.8 Å². The highest BCUT2D eigenvalue weighted by atomic mass is 32.2. The summed E-state index contributed by atoms with van der Waals surface area (Å²) >= 11 is 1.62. The van der Waals surface area contributed by atoms with Crippen molar-refractivity contribution in [1.29, 1.82) is 0 Å². The van der Waals surface area contributed by atoms with Gasteiger partial charge < -0.3 is 10.2 Å². The Morgan fingerprint density at radius 1 is 1.06 bits per heavy atom. The van der Waals surface area contributed by atoms with Gasteiger partial charge in [-0.25, -0.2) is 0 Å². The van der Waals surface area contributed by atoms with Gasteiger partial charge in [0, 0.05) is 37.6 Å². The molecule has 1 N–H and O–H groups in total. The van der Waals surface area contributed by atoms with E-state index in [2.05, 4.69) is 12.2 Å². The first-order valence-electron chi connectivity index (χ1n) is 11.6. The molecule has 1 fully saturated rings. The molecule has 5 nitrogen and oxygen atoms in total. The Balaban J connectivity index is 1.63. The topological polar surface area (TPSA) is 52.7 Å². The second kappa shape index (κ2) is 12.0. The van der Waals surface area contributed by atoms with Gasteiger partial charge in [0.15, 0.2) is 0 Å². The molecule has 6 heteroatoms. The highest BCUT2D eigenvalue weighted by molar-refractivity contribution is 8.00. The van der Waals surface area contributed by atoms with Crippen molar-refractivity contribution in [2.24, 2.45) is 0 Å². The SMILES string of the molecule is CCCCCCCCC(=O)Nc1cccc([C@H]2SCC(=O)N2c2ccc(N(C)C)cc2)c1. The van der Waals surface area contributed by atoms with Gasteiger partial charge in [-0.05, 0) is 48.4 Å². The summed E-state index contributed by atoms with van der Waals surface area (Å²) in [6.45, 7) is 2.21. The summed E-state index contributed by atoms with van der Waals surface area (Å²) in [5, 5.41) is 2.94. The van der Waals surface area contributed by atoms with Gasteiger partial charge in [-0.15, -0.1) is 11.8 Å². The number of benzene rings is 2. The molecule has 2 aromatic rings. The minimum Gasteiger partial charge on any atom is -0.378 e. The molecule has 1 aliphatic heterocycles. The minimum absolute atomic E-state index is 0.0592. The van der Waals surface area contributed by atoms with E-state index < -0.39 is 0 Å². The van der Waals surface area contributed by atoms with E-state index in [-0.39, 0.29) is 17.2 Å². The van der Waals surface area contributed by atoms with Gasteiger partial charge in [-0.2, -0.15) is 0 Å². The van der Waals surface area contributed by atoms with Crippen LogP contribution >= 0.6 is 11.8 Å². The van der Waals surface area contributed by atoms with Crippen molar-refractivity contribution in [3.05, 3.63) is 54.1 Å². The number of amides is 2. The van der Waals surface area contributed by atoms with Gasteiger partial charge in [0.05, 0.1) is 5.75 Å². The fourth-order valence-corrected chi connectivity index (χ4v) is 5.09. The lowest BCUT2D eigenvalue weighted by atomic mass is 10.1. The molecule has 0 spiro atoms. The van der Waals surface area contributed by atoms with Gasteiger partial charge in [0.25, 0.3) is 0 Å². The number of hydrogen-bond acceptors (Lipinski definition) is 4. The predicted molar refractivity (Wildman–Crippen MR) is 137 cm³/mol. The van der Waals surface area contributed by atoms with Crippen LogP contribution in [0.3, 0.4) is 0 Å². The number of rotatable bonds is 11. The smallest absolute Gasteiger partial charge is 0.238 e. The molecule has 0 saturated carbocycles. The summed E-state index contributed by atoms with van der Waals surface area (Å²) in [7, 11) is 4.00. The molecule has 0 bridgehead atoms. The number of hydrogen-bond donors (Lipinski definition) is 1. The molecular weight excluding hydrogens is 418 g/mol. The number of anilines is 3.